The summed E-state index contributed by atoms with van der Waals surface area (Å²) in [6.45, 7) is 16.2. The lowest BCUT2D eigenvalue weighted by molar-refractivity contribution is -0.119. The number of halogens is 2. The van der Waals surface area contributed by atoms with Gasteiger partial charge in [-0.15, -0.1) is 0 Å². The van der Waals surface area contributed by atoms with Crippen molar-refractivity contribution in [2.75, 3.05) is 36.0 Å². The second-order valence-corrected chi connectivity index (χ2v) is 17.7. The molecule has 11 heteroatoms. The van der Waals surface area contributed by atoms with Crippen LogP contribution in [0.5, 0.6) is 0 Å². The highest BCUT2D eigenvalue weighted by molar-refractivity contribution is 6.31. The average molecular weight is 856 g/mol. The fraction of sp³-hybridized carbons (Fsp3) is 0.449. The molecule has 6 rings (SSSR count). The van der Waals surface area contributed by atoms with E-state index in [9.17, 15) is 14.4 Å². The molecule has 2 heterocycles. The van der Waals surface area contributed by atoms with Gasteiger partial charge in [-0.25, -0.2) is 4.79 Å². The number of likely N-dealkylation sites (tertiary alicyclic amines) is 2. The summed E-state index contributed by atoms with van der Waals surface area (Å²) in [6.07, 6.45) is 2.20. The maximum absolute atomic E-state index is 13.9. The predicted octanol–water partition coefficient (Wildman–Crippen LogP) is 10.9. The van der Waals surface area contributed by atoms with E-state index < -0.39 is 18.4 Å². The minimum atomic E-state index is -0.780. The number of ether oxygens (including phenoxy) is 2. The van der Waals surface area contributed by atoms with E-state index in [0.717, 1.165) is 85.5 Å². The largest absolute Gasteiger partial charge is 0.509 e. The van der Waals surface area contributed by atoms with Crippen LogP contribution in [0.2, 0.25) is 10.0 Å². The van der Waals surface area contributed by atoms with Crippen LogP contribution in [0.4, 0.5) is 16.2 Å². The summed E-state index contributed by atoms with van der Waals surface area (Å²) >= 11 is 12.4. The number of amides is 2. The van der Waals surface area contributed by atoms with E-state index in [1.54, 1.807) is 13.8 Å². The lowest BCUT2D eigenvalue weighted by atomic mass is 9.99. The SMILES string of the molecule is CC(OC(=O)OC(C)c1ccc(CC(=O)N(c2ccc(Cl)cc2)C2CCN(C(C)C)CC2)cc1)c1ccc(CC(=O)N(c2ccc(Cl)cc2)C2CCN(C(C)C)CC2)cc1. The normalized spacial score (nSPS) is 16.7. The Morgan fingerprint density at radius 3 is 1.15 bits per heavy atom. The van der Waals surface area contributed by atoms with Crippen LogP contribution < -0.4 is 9.80 Å². The molecule has 4 aromatic rings. The number of carbonyl (C=O) groups is 3. The van der Waals surface area contributed by atoms with Crippen molar-refractivity contribution < 1.29 is 23.9 Å². The van der Waals surface area contributed by atoms with Gasteiger partial charge in [-0.3, -0.25) is 9.59 Å². The van der Waals surface area contributed by atoms with Crippen LogP contribution >= 0.6 is 23.2 Å². The highest BCUT2D eigenvalue weighted by Gasteiger charge is 2.32. The second-order valence-electron chi connectivity index (χ2n) is 16.8. The van der Waals surface area contributed by atoms with Gasteiger partial charge in [0.2, 0.25) is 11.8 Å². The molecule has 0 spiro atoms. The molecule has 60 heavy (non-hydrogen) atoms. The molecule has 0 aromatic heterocycles. The molecule has 2 amide bonds. The van der Waals surface area contributed by atoms with E-state index in [1.165, 1.54) is 0 Å². The summed E-state index contributed by atoms with van der Waals surface area (Å²) in [5.74, 6) is 0.0690. The Kier molecular flexibility index (Phi) is 15.7. The fourth-order valence-electron chi connectivity index (χ4n) is 8.43. The third-order valence-corrected chi connectivity index (χ3v) is 12.6. The third kappa shape index (κ3) is 11.9. The number of rotatable bonds is 14. The molecule has 4 aromatic carbocycles. The van der Waals surface area contributed by atoms with Gasteiger partial charge in [0.1, 0.15) is 12.2 Å². The van der Waals surface area contributed by atoms with Crippen molar-refractivity contribution in [1.82, 2.24) is 9.80 Å². The molecule has 320 valence electrons. The number of anilines is 2. The minimum absolute atomic E-state index is 0.0345. The summed E-state index contributed by atoms with van der Waals surface area (Å²) in [5.41, 5.74) is 5.04. The van der Waals surface area contributed by atoms with Gasteiger partial charge in [0, 0.05) is 71.8 Å². The van der Waals surface area contributed by atoms with Crippen LogP contribution in [0.15, 0.2) is 97.1 Å². The summed E-state index contributed by atoms with van der Waals surface area (Å²) in [6, 6.07) is 31.4. The van der Waals surface area contributed by atoms with Gasteiger partial charge in [-0.05, 0) is 138 Å². The Morgan fingerprint density at radius 2 is 0.850 bits per heavy atom. The molecule has 9 nitrogen and oxygen atoms in total. The van der Waals surface area contributed by atoms with Crippen LogP contribution in [0.25, 0.3) is 0 Å². The number of carbonyl (C=O) groups excluding carboxylic acids is 3. The Balaban J connectivity index is 1.01. The Hall–Kier alpha value is -4.41. The van der Waals surface area contributed by atoms with Gasteiger partial charge in [-0.1, -0.05) is 71.7 Å². The number of piperidine rings is 2. The average Bonchev–Trinajstić information content (AvgIpc) is 3.23. The van der Waals surface area contributed by atoms with Crippen molar-refractivity contribution in [1.29, 1.82) is 0 Å². The Morgan fingerprint density at radius 1 is 0.533 bits per heavy atom. The van der Waals surface area contributed by atoms with Crippen LogP contribution in [0, 0.1) is 0 Å². The van der Waals surface area contributed by atoms with E-state index >= 15 is 0 Å². The molecule has 2 fully saturated rings. The van der Waals surface area contributed by atoms with Crippen molar-refractivity contribution in [3.63, 3.8) is 0 Å². The molecular weight excluding hydrogens is 795 g/mol. The molecule has 0 radical (unpaired) electrons. The molecule has 2 aliphatic rings. The zero-order valence-electron chi connectivity index (χ0n) is 35.9. The zero-order chi connectivity index (χ0) is 42.9. The molecule has 0 aliphatic carbocycles. The standard InChI is InChI=1S/C49H60Cl2N4O5/c1-33(2)52-27-23-45(24-28-52)54(43-19-15-41(50)16-20-43)47(56)31-37-7-11-39(12-8-37)35(5)59-49(58)60-36(6)40-13-9-38(10-14-40)32-48(57)55(44-21-17-42(51)18-22-44)46-25-29-53(30-26-46)34(3)4/h7-22,33-36,45-46H,23-32H2,1-6H3. The van der Waals surface area contributed by atoms with Gasteiger partial charge >= 0.3 is 6.16 Å². The lowest BCUT2D eigenvalue weighted by Crippen LogP contribution is -2.49. The van der Waals surface area contributed by atoms with Crippen LogP contribution in [-0.2, 0) is 31.9 Å². The van der Waals surface area contributed by atoms with E-state index in [4.69, 9.17) is 32.7 Å². The Labute approximate surface area is 366 Å². The van der Waals surface area contributed by atoms with Crippen LogP contribution in [0.1, 0.15) is 102 Å². The molecular formula is C49H60Cl2N4O5. The predicted molar refractivity (Wildman–Crippen MR) is 242 cm³/mol. The number of hydrogen-bond acceptors (Lipinski definition) is 7. The summed E-state index contributed by atoms with van der Waals surface area (Å²) < 4.78 is 11.4. The molecule has 0 N–H and O–H groups in total. The van der Waals surface area contributed by atoms with Gasteiger partial charge in [0.05, 0.1) is 12.8 Å². The summed E-state index contributed by atoms with van der Waals surface area (Å²) in [7, 11) is 0. The van der Waals surface area contributed by atoms with Crippen molar-refractivity contribution in [3.05, 3.63) is 129 Å². The number of benzene rings is 4. The molecule has 0 saturated carbocycles. The zero-order valence-corrected chi connectivity index (χ0v) is 37.4. The molecule has 0 bridgehead atoms. The van der Waals surface area contributed by atoms with Crippen LogP contribution in [0.3, 0.4) is 0 Å². The first-order valence-electron chi connectivity index (χ1n) is 21.4. The monoisotopic (exact) mass is 854 g/mol. The van der Waals surface area contributed by atoms with Crippen molar-refractivity contribution in [2.24, 2.45) is 0 Å². The highest BCUT2D eigenvalue weighted by atomic mass is 35.5. The van der Waals surface area contributed by atoms with E-state index in [0.29, 0.717) is 22.1 Å². The molecule has 2 atom stereocenters. The smallest absolute Gasteiger partial charge is 0.426 e. The quantitative estimate of drug-likeness (QED) is 0.117. The summed E-state index contributed by atoms with van der Waals surface area (Å²) in [4.78, 5) is 49.6. The first-order valence-corrected chi connectivity index (χ1v) is 22.2. The van der Waals surface area contributed by atoms with Gasteiger partial charge in [0.15, 0.2) is 0 Å². The van der Waals surface area contributed by atoms with E-state index in [-0.39, 0.29) is 36.7 Å². The van der Waals surface area contributed by atoms with E-state index in [2.05, 4.69) is 37.5 Å². The first-order chi connectivity index (χ1) is 28.7. The fourth-order valence-corrected chi connectivity index (χ4v) is 8.68. The summed E-state index contributed by atoms with van der Waals surface area (Å²) in [5, 5.41) is 1.27. The highest BCUT2D eigenvalue weighted by Crippen LogP contribution is 2.30. The topological polar surface area (TPSA) is 82.6 Å². The van der Waals surface area contributed by atoms with Crippen molar-refractivity contribution >= 4 is 52.5 Å². The number of hydrogen-bond donors (Lipinski definition) is 0. The maximum Gasteiger partial charge on any atom is 0.509 e. The Bertz CT molecular complexity index is 1860. The number of nitrogens with zero attached hydrogens (tertiary/aromatic N) is 4. The lowest BCUT2D eigenvalue weighted by Gasteiger charge is -2.40. The molecule has 2 unspecified atom stereocenters. The van der Waals surface area contributed by atoms with Crippen molar-refractivity contribution in [2.45, 2.75) is 116 Å². The molecule has 2 aliphatic heterocycles. The van der Waals surface area contributed by atoms with Gasteiger partial charge in [0.25, 0.3) is 0 Å². The maximum atomic E-state index is 13.9. The van der Waals surface area contributed by atoms with E-state index in [1.807, 2.05) is 107 Å². The minimum Gasteiger partial charge on any atom is -0.426 e. The second kappa shape index (κ2) is 20.9. The third-order valence-electron chi connectivity index (χ3n) is 12.1. The van der Waals surface area contributed by atoms with Crippen molar-refractivity contribution in [3.8, 4) is 0 Å². The van der Waals surface area contributed by atoms with Gasteiger partial charge < -0.3 is 29.1 Å². The molecule has 2 saturated heterocycles. The van der Waals surface area contributed by atoms with Crippen LogP contribution in [-0.4, -0.2) is 78.1 Å². The van der Waals surface area contributed by atoms with Gasteiger partial charge in [-0.2, -0.15) is 0 Å². The first kappa shape index (κ1) is 45.1.